The molecule has 1 aromatic carbocycles. The Labute approximate surface area is 103 Å². The Morgan fingerprint density at radius 1 is 1.50 bits per heavy atom. The van der Waals surface area contributed by atoms with Crippen LogP contribution in [0.5, 0.6) is 5.75 Å². The van der Waals surface area contributed by atoms with Gasteiger partial charge >= 0.3 is 0 Å². The quantitative estimate of drug-likeness (QED) is 0.530. The van der Waals surface area contributed by atoms with Gasteiger partial charge in [0.25, 0.3) is 5.91 Å². The number of nitrogens with zero attached hydrogens (tertiary/aromatic N) is 2. The van der Waals surface area contributed by atoms with Crippen molar-refractivity contribution in [3.63, 3.8) is 0 Å². The van der Waals surface area contributed by atoms with Crippen molar-refractivity contribution in [2.24, 2.45) is 0 Å². The number of carbonyl (C=O) groups is 1. The maximum atomic E-state index is 11.8. The normalized spacial score (nSPS) is 10.2. The molecule has 0 spiro atoms. The maximum absolute atomic E-state index is 11.8. The summed E-state index contributed by atoms with van der Waals surface area (Å²) in [6.45, 7) is 0.355. The molecule has 0 fully saturated rings. The van der Waals surface area contributed by atoms with Gasteiger partial charge in [0, 0.05) is 18.7 Å². The molecule has 0 radical (unpaired) electrons. The average molecular weight is 248 g/mol. The third-order valence-corrected chi connectivity index (χ3v) is 2.32. The van der Waals surface area contributed by atoms with Crippen LogP contribution in [0, 0.1) is 0 Å². The van der Waals surface area contributed by atoms with Crippen LogP contribution in [0.4, 0.5) is 5.69 Å². The molecule has 0 unspecified atom stereocenters. The van der Waals surface area contributed by atoms with E-state index in [9.17, 15) is 9.90 Å². The second kappa shape index (κ2) is 5.17. The molecule has 0 atom stereocenters. The number of phenolic OH excluding ortho intramolecular Hbond substituents is 1. The standard InChI is InChI=1S/C11H12N4O3/c12-9-2-1-7(16)5-8(9)11(17)13-4-3-10-14-6-18-15-10/h1-2,5-6,16H,3-4,12H2,(H,13,17). The molecule has 0 aliphatic carbocycles. The van der Waals surface area contributed by atoms with Gasteiger partial charge in [-0.1, -0.05) is 5.16 Å². The summed E-state index contributed by atoms with van der Waals surface area (Å²) in [6, 6.07) is 4.22. The minimum atomic E-state index is -0.355. The molecule has 4 N–H and O–H groups in total. The summed E-state index contributed by atoms with van der Waals surface area (Å²) in [5, 5.41) is 15.6. The minimum absolute atomic E-state index is 0.00693. The summed E-state index contributed by atoms with van der Waals surface area (Å²) in [7, 11) is 0. The lowest BCUT2D eigenvalue weighted by molar-refractivity contribution is 0.0954. The van der Waals surface area contributed by atoms with Gasteiger partial charge in [0.1, 0.15) is 5.75 Å². The number of phenols is 1. The van der Waals surface area contributed by atoms with E-state index in [-0.39, 0.29) is 17.2 Å². The summed E-state index contributed by atoms with van der Waals surface area (Å²) in [5.74, 6) is 0.151. The number of aromatic hydroxyl groups is 1. The smallest absolute Gasteiger partial charge is 0.253 e. The number of hydrogen-bond donors (Lipinski definition) is 3. The van der Waals surface area contributed by atoms with Crippen LogP contribution in [0.2, 0.25) is 0 Å². The first-order valence-electron chi connectivity index (χ1n) is 5.29. The zero-order valence-corrected chi connectivity index (χ0v) is 9.46. The van der Waals surface area contributed by atoms with Crippen LogP contribution in [-0.4, -0.2) is 27.7 Å². The first kappa shape index (κ1) is 11.9. The number of anilines is 1. The number of rotatable bonds is 4. The lowest BCUT2D eigenvalue weighted by Crippen LogP contribution is -2.26. The van der Waals surface area contributed by atoms with E-state index in [2.05, 4.69) is 20.0 Å². The fourth-order valence-electron chi connectivity index (χ4n) is 1.43. The van der Waals surface area contributed by atoms with E-state index in [0.29, 0.717) is 24.5 Å². The molecule has 1 heterocycles. The lowest BCUT2D eigenvalue weighted by Gasteiger charge is -2.06. The van der Waals surface area contributed by atoms with Crippen LogP contribution in [-0.2, 0) is 6.42 Å². The molecule has 1 aromatic heterocycles. The van der Waals surface area contributed by atoms with Crippen molar-refractivity contribution in [3.05, 3.63) is 36.0 Å². The summed E-state index contributed by atoms with van der Waals surface area (Å²) in [6.07, 6.45) is 1.69. The predicted molar refractivity (Wildman–Crippen MR) is 62.9 cm³/mol. The molecule has 2 rings (SSSR count). The number of hydrogen-bond acceptors (Lipinski definition) is 6. The molecule has 0 aliphatic rings. The van der Waals surface area contributed by atoms with E-state index in [0.717, 1.165) is 0 Å². The van der Waals surface area contributed by atoms with Crippen molar-refractivity contribution in [1.82, 2.24) is 15.5 Å². The fourth-order valence-corrected chi connectivity index (χ4v) is 1.43. The topological polar surface area (TPSA) is 114 Å². The Hall–Kier alpha value is -2.57. The Morgan fingerprint density at radius 3 is 3.06 bits per heavy atom. The molecule has 0 saturated carbocycles. The fraction of sp³-hybridized carbons (Fsp3) is 0.182. The lowest BCUT2D eigenvalue weighted by atomic mass is 10.1. The Kier molecular flexibility index (Phi) is 3.42. The number of aromatic nitrogens is 2. The third kappa shape index (κ3) is 2.76. The summed E-state index contributed by atoms with van der Waals surface area (Å²) in [4.78, 5) is 15.6. The van der Waals surface area contributed by atoms with Crippen molar-refractivity contribution in [2.45, 2.75) is 6.42 Å². The Morgan fingerprint density at radius 2 is 2.33 bits per heavy atom. The van der Waals surface area contributed by atoms with E-state index in [4.69, 9.17) is 5.73 Å². The van der Waals surface area contributed by atoms with Crippen molar-refractivity contribution >= 4 is 11.6 Å². The second-order valence-electron chi connectivity index (χ2n) is 3.62. The number of benzene rings is 1. The zero-order chi connectivity index (χ0) is 13.0. The molecule has 7 heteroatoms. The van der Waals surface area contributed by atoms with Crippen LogP contribution in [0.3, 0.4) is 0 Å². The highest BCUT2D eigenvalue weighted by atomic mass is 16.5. The predicted octanol–water partition coefficient (Wildman–Crippen LogP) is 0.330. The van der Waals surface area contributed by atoms with Gasteiger partial charge < -0.3 is 20.7 Å². The zero-order valence-electron chi connectivity index (χ0n) is 9.46. The van der Waals surface area contributed by atoms with Gasteiger partial charge in [-0.2, -0.15) is 4.98 Å². The van der Waals surface area contributed by atoms with Crippen molar-refractivity contribution in [1.29, 1.82) is 0 Å². The highest BCUT2D eigenvalue weighted by Gasteiger charge is 2.10. The first-order chi connectivity index (χ1) is 8.66. The molecule has 0 aliphatic heterocycles. The average Bonchev–Trinajstić information content (AvgIpc) is 2.85. The van der Waals surface area contributed by atoms with Crippen LogP contribution in [0.15, 0.2) is 29.1 Å². The number of nitrogen functional groups attached to an aromatic ring is 1. The molecular formula is C11H12N4O3. The number of nitrogens with two attached hydrogens (primary N) is 1. The number of carbonyl (C=O) groups excluding carboxylic acids is 1. The van der Waals surface area contributed by atoms with E-state index >= 15 is 0 Å². The summed E-state index contributed by atoms with van der Waals surface area (Å²) < 4.78 is 4.56. The second-order valence-corrected chi connectivity index (χ2v) is 3.62. The van der Waals surface area contributed by atoms with Crippen LogP contribution < -0.4 is 11.1 Å². The molecule has 94 valence electrons. The summed E-state index contributed by atoms with van der Waals surface area (Å²) in [5.41, 5.74) is 6.19. The monoisotopic (exact) mass is 248 g/mol. The van der Waals surface area contributed by atoms with Crippen molar-refractivity contribution in [2.75, 3.05) is 12.3 Å². The summed E-state index contributed by atoms with van der Waals surface area (Å²) >= 11 is 0. The largest absolute Gasteiger partial charge is 0.508 e. The minimum Gasteiger partial charge on any atom is -0.508 e. The van der Waals surface area contributed by atoms with Crippen molar-refractivity contribution in [3.8, 4) is 5.75 Å². The van der Waals surface area contributed by atoms with Crippen molar-refractivity contribution < 1.29 is 14.4 Å². The molecule has 18 heavy (non-hydrogen) atoms. The number of amides is 1. The van der Waals surface area contributed by atoms with Gasteiger partial charge in [-0.25, -0.2) is 0 Å². The number of nitrogens with one attached hydrogen (secondary N) is 1. The Balaban J connectivity index is 1.93. The van der Waals surface area contributed by atoms with E-state index in [1.54, 1.807) is 0 Å². The van der Waals surface area contributed by atoms with Gasteiger partial charge in [-0.15, -0.1) is 0 Å². The third-order valence-electron chi connectivity index (χ3n) is 2.32. The van der Waals surface area contributed by atoms with Gasteiger partial charge in [-0.05, 0) is 18.2 Å². The van der Waals surface area contributed by atoms with Crippen LogP contribution in [0.1, 0.15) is 16.2 Å². The van der Waals surface area contributed by atoms with Crippen LogP contribution in [0.25, 0.3) is 0 Å². The molecule has 2 aromatic rings. The molecule has 0 saturated heterocycles. The van der Waals surface area contributed by atoms with Gasteiger partial charge in [0.2, 0.25) is 6.39 Å². The highest BCUT2D eigenvalue weighted by molar-refractivity contribution is 5.99. The maximum Gasteiger partial charge on any atom is 0.253 e. The van der Waals surface area contributed by atoms with Gasteiger partial charge in [0.05, 0.1) is 5.56 Å². The van der Waals surface area contributed by atoms with E-state index in [1.807, 2.05) is 0 Å². The van der Waals surface area contributed by atoms with Crippen LogP contribution >= 0.6 is 0 Å². The molecule has 7 nitrogen and oxygen atoms in total. The first-order valence-corrected chi connectivity index (χ1v) is 5.29. The van der Waals surface area contributed by atoms with E-state index < -0.39 is 0 Å². The van der Waals surface area contributed by atoms with Gasteiger partial charge in [0.15, 0.2) is 5.82 Å². The SMILES string of the molecule is Nc1ccc(O)cc1C(=O)NCCc1ncon1. The molecule has 1 amide bonds. The highest BCUT2D eigenvalue weighted by Crippen LogP contribution is 2.18. The van der Waals surface area contributed by atoms with E-state index in [1.165, 1.54) is 24.6 Å². The Bertz CT molecular complexity index is 539. The molecular weight excluding hydrogens is 236 g/mol. The van der Waals surface area contributed by atoms with Gasteiger partial charge in [-0.3, -0.25) is 4.79 Å². The molecule has 0 bridgehead atoms.